The van der Waals surface area contributed by atoms with Gasteiger partial charge < -0.3 is 10.2 Å². The van der Waals surface area contributed by atoms with Crippen molar-refractivity contribution in [3.05, 3.63) is 59.0 Å². The lowest BCUT2D eigenvalue weighted by molar-refractivity contribution is -0.137. The molecule has 0 radical (unpaired) electrons. The molecule has 3 aromatic heterocycles. The largest absolute Gasteiger partial charge is 0.417 e. The summed E-state index contributed by atoms with van der Waals surface area (Å²) < 4.78 is 38.6. The number of aromatic nitrogens is 3. The van der Waals surface area contributed by atoms with E-state index < -0.39 is 11.7 Å². The van der Waals surface area contributed by atoms with Crippen LogP contribution in [0, 0.1) is 12.8 Å². The molecule has 3 unspecified atom stereocenters. The summed E-state index contributed by atoms with van der Waals surface area (Å²) >= 11 is 1.46. The lowest BCUT2D eigenvalue weighted by Crippen LogP contribution is -2.60. The maximum absolute atomic E-state index is 13.7. The van der Waals surface area contributed by atoms with Gasteiger partial charge in [0, 0.05) is 41.6 Å². The third-order valence-electron chi connectivity index (χ3n) is 6.36. The number of hydrogen-bond donors (Lipinski definition) is 1. The van der Waals surface area contributed by atoms with Crippen molar-refractivity contribution in [3.63, 3.8) is 0 Å². The number of halogens is 3. The Bertz CT molecular complexity index is 1150. The summed E-state index contributed by atoms with van der Waals surface area (Å²) in [5.41, 5.74) is 1.08. The van der Waals surface area contributed by atoms with Crippen LogP contribution in [0.3, 0.4) is 0 Å². The number of anilines is 1. The number of alkyl halides is 3. The first-order valence-corrected chi connectivity index (χ1v) is 11.7. The zero-order chi connectivity index (χ0) is 23.2. The molecule has 1 N–H and O–H groups in total. The van der Waals surface area contributed by atoms with Gasteiger partial charge >= 0.3 is 6.18 Å². The summed E-state index contributed by atoms with van der Waals surface area (Å²) in [7, 11) is 0. The molecule has 3 atom stereocenters. The normalized spacial score (nSPS) is 22.4. The Morgan fingerprint density at radius 1 is 1.18 bits per heavy atom. The van der Waals surface area contributed by atoms with Gasteiger partial charge in [-0.2, -0.15) is 13.2 Å². The molecule has 6 rings (SSSR count). The molecule has 3 fully saturated rings. The van der Waals surface area contributed by atoms with Crippen LogP contribution in [0.1, 0.15) is 41.0 Å². The van der Waals surface area contributed by atoms with Crippen LogP contribution in [0.15, 0.2) is 42.0 Å². The van der Waals surface area contributed by atoms with Gasteiger partial charge in [0.25, 0.3) is 5.91 Å². The highest BCUT2D eigenvalue weighted by Crippen LogP contribution is 2.38. The summed E-state index contributed by atoms with van der Waals surface area (Å²) in [5.74, 6) is 0.564. The van der Waals surface area contributed by atoms with Crippen LogP contribution in [0.25, 0.3) is 10.6 Å². The maximum Gasteiger partial charge on any atom is 0.417 e. The summed E-state index contributed by atoms with van der Waals surface area (Å²) in [6.07, 6.45) is 0.810. The first kappa shape index (κ1) is 21.8. The van der Waals surface area contributed by atoms with Crippen molar-refractivity contribution in [2.75, 3.05) is 11.9 Å². The third-order valence-corrected chi connectivity index (χ3v) is 7.17. The van der Waals surface area contributed by atoms with E-state index in [9.17, 15) is 18.0 Å². The molecule has 10 heteroatoms. The molecule has 2 aliphatic heterocycles. The predicted octanol–water partition coefficient (Wildman–Crippen LogP) is 5.03. The summed E-state index contributed by atoms with van der Waals surface area (Å²) in [6.45, 7) is 2.50. The number of thiazole rings is 1. The van der Waals surface area contributed by atoms with Gasteiger partial charge in [-0.15, -0.1) is 11.3 Å². The van der Waals surface area contributed by atoms with Crippen LogP contribution >= 0.6 is 11.3 Å². The molecule has 3 aromatic rings. The van der Waals surface area contributed by atoms with E-state index in [0.717, 1.165) is 47.8 Å². The molecule has 1 amide bonds. The van der Waals surface area contributed by atoms with E-state index in [1.807, 2.05) is 29.3 Å². The van der Waals surface area contributed by atoms with Gasteiger partial charge in [-0.25, -0.2) is 15.0 Å². The molecule has 6 nitrogen and oxygen atoms in total. The average molecular weight is 474 g/mol. The molecule has 5 heterocycles. The zero-order valence-corrected chi connectivity index (χ0v) is 18.7. The quantitative estimate of drug-likeness (QED) is 0.575. The van der Waals surface area contributed by atoms with Gasteiger partial charge in [0.2, 0.25) is 0 Å². The summed E-state index contributed by atoms with van der Waals surface area (Å²) in [4.78, 5) is 28.4. The Labute approximate surface area is 192 Å². The molecular formula is C23H22F3N5OS. The van der Waals surface area contributed by atoms with E-state index in [1.165, 1.54) is 17.4 Å². The fourth-order valence-corrected chi connectivity index (χ4v) is 5.47. The Morgan fingerprint density at radius 3 is 2.70 bits per heavy atom. The van der Waals surface area contributed by atoms with E-state index >= 15 is 0 Å². The Kier molecular flexibility index (Phi) is 5.55. The van der Waals surface area contributed by atoms with Crippen LogP contribution in [-0.4, -0.2) is 44.4 Å². The second-order valence-electron chi connectivity index (χ2n) is 8.57. The van der Waals surface area contributed by atoms with Crippen molar-refractivity contribution in [2.24, 2.45) is 5.92 Å². The van der Waals surface area contributed by atoms with Gasteiger partial charge in [-0.3, -0.25) is 4.79 Å². The second kappa shape index (κ2) is 8.40. The fourth-order valence-electron chi connectivity index (χ4n) is 4.80. The fraction of sp³-hybridized carbons (Fsp3) is 0.391. The number of aryl methyl sites for hydroxylation is 1. The Balaban J connectivity index is 1.39. The van der Waals surface area contributed by atoms with Gasteiger partial charge in [0.05, 0.1) is 11.6 Å². The smallest absolute Gasteiger partial charge is 0.365 e. The molecular weight excluding hydrogens is 451 g/mol. The van der Waals surface area contributed by atoms with Crippen LogP contribution in [0.5, 0.6) is 0 Å². The minimum Gasteiger partial charge on any atom is -0.365 e. The van der Waals surface area contributed by atoms with Gasteiger partial charge in [0.15, 0.2) is 0 Å². The highest BCUT2D eigenvalue weighted by atomic mass is 32.1. The molecule has 2 bridgehead atoms. The van der Waals surface area contributed by atoms with Crippen LogP contribution in [-0.2, 0) is 6.18 Å². The SMILES string of the molecule is Cc1ccc(-c2nccs2)c(C(=O)N2CC3CCC2C(Nc2ccc(C(F)(F)F)cn2)C3)n1. The maximum atomic E-state index is 13.7. The zero-order valence-electron chi connectivity index (χ0n) is 17.8. The molecule has 2 saturated heterocycles. The predicted molar refractivity (Wildman–Crippen MR) is 119 cm³/mol. The highest BCUT2D eigenvalue weighted by molar-refractivity contribution is 7.13. The van der Waals surface area contributed by atoms with Crippen LogP contribution in [0.4, 0.5) is 19.0 Å². The van der Waals surface area contributed by atoms with Crippen molar-refractivity contribution in [3.8, 4) is 10.6 Å². The van der Waals surface area contributed by atoms with Gasteiger partial charge in [0.1, 0.15) is 16.5 Å². The molecule has 0 aromatic carbocycles. The minimum absolute atomic E-state index is 0.0844. The van der Waals surface area contributed by atoms with E-state index in [2.05, 4.69) is 20.3 Å². The number of hydrogen-bond acceptors (Lipinski definition) is 6. The van der Waals surface area contributed by atoms with Crippen molar-refractivity contribution in [1.82, 2.24) is 19.9 Å². The van der Waals surface area contributed by atoms with Crippen molar-refractivity contribution >= 4 is 23.1 Å². The number of carbonyl (C=O) groups excluding carboxylic acids is 1. The van der Waals surface area contributed by atoms with E-state index in [4.69, 9.17) is 0 Å². The number of piperidine rings is 2. The number of nitrogens with zero attached hydrogens (tertiary/aromatic N) is 4. The number of pyridine rings is 2. The Morgan fingerprint density at radius 2 is 2.03 bits per heavy atom. The van der Waals surface area contributed by atoms with E-state index in [0.29, 0.717) is 24.0 Å². The van der Waals surface area contributed by atoms with Gasteiger partial charge in [-0.05, 0) is 56.4 Å². The number of rotatable bonds is 4. The molecule has 172 valence electrons. The lowest BCUT2D eigenvalue weighted by atomic mass is 9.76. The van der Waals surface area contributed by atoms with Gasteiger partial charge in [-0.1, -0.05) is 0 Å². The van der Waals surface area contributed by atoms with Crippen molar-refractivity contribution < 1.29 is 18.0 Å². The average Bonchev–Trinajstić information content (AvgIpc) is 3.33. The molecule has 33 heavy (non-hydrogen) atoms. The number of carbonyl (C=O) groups is 1. The number of fused-ring (bicyclic) bond motifs is 3. The summed E-state index contributed by atoms with van der Waals surface area (Å²) in [6, 6.07) is 5.96. The lowest BCUT2D eigenvalue weighted by Gasteiger charge is -2.50. The van der Waals surface area contributed by atoms with Crippen LogP contribution < -0.4 is 5.32 Å². The monoisotopic (exact) mass is 473 g/mol. The van der Waals surface area contributed by atoms with E-state index in [1.54, 1.807) is 6.20 Å². The highest BCUT2D eigenvalue weighted by Gasteiger charge is 2.44. The molecule has 0 spiro atoms. The number of nitrogens with one attached hydrogen (secondary N) is 1. The Hall–Kier alpha value is -3.01. The number of amides is 1. The first-order chi connectivity index (χ1) is 15.8. The van der Waals surface area contributed by atoms with Crippen molar-refractivity contribution in [1.29, 1.82) is 0 Å². The molecule has 1 aliphatic carbocycles. The first-order valence-electron chi connectivity index (χ1n) is 10.8. The summed E-state index contributed by atoms with van der Waals surface area (Å²) in [5, 5.41) is 5.89. The van der Waals surface area contributed by atoms with E-state index in [-0.39, 0.29) is 18.0 Å². The minimum atomic E-state index is -4.42. The standard InChI is InChI=1S/C23H22F3N5OS/c1-13-2-5-16(21-27-8-9-33-21)20(29-13)22(32)31-12-14-3-6-18(31)17(10-14)30-19-7-4-15(11-28-19)23(24,25)26/h2,4-5,7-9,11,14,17-18H,3,6,10,12H2,1H3,(H,28,30). The van der Waals surface area contributed by atoms with Crippen LogP contribution in [0.2, 0.25) is 0 Å². The molecule has 1 saturated carbocycles. The second-order valence-corrected chi connectivity index (χ2v) is 9.47. The van der Waals surface area contributed by atoms with Crippen molar-refractivity contribution in [2.45, 2.75) is 44.4 Å². The third kappa shape index (κ3) is 4.31. The molecule has 3 aliphatic rings. The topological polar surface area (TPSA) is 71.0 Å².